The number of piperazine rings is 1. The maximum absolute atomic E-state index is 5.08. The number of hydrogen-bond acceptors (Lipinski definition) is 7. The summed E-state index contributed by atoms with van der Waals surface area (Å²) in [5.74, 6) is 2.24. The molecule has 0 bridgehead atoms. The standard InChI is InChI=1S/C18H26N6O/c1-14(2)23-6-8-24(9-7-23)17-5-4-15(11-21-17)10-20-16-12-19-13-18(22-16)25-3/h4-5,11-14H,6-10H2,1-3H3,(H,20,22). The summed E-state index contributed by atoms with van der Waals surface area (Å²) in [6, 6.07) is 4.82. The van der Waals surface area contributed by atoms with Gasteiger partial charge in [0.05, 0.1) is 19.5 Å². The molecule has 0 amide bonds. The van der Waals surface area contributed by atoms with E-state index in [-0.39, 0.29) is 0 Å². The Morgan fingerprint density at radius 2 is 1.92 bits per heavy atom. The van der Waals surface area contributed by atoms with Gasteiger partial charge in [0.25, 0.3) is 0 Å². The van der Waals surface area contributed by atoms with Crippen LogP contribution in [0.3, 0.4) is 0 Å². The second-order valence-electron chi connectivity index (χ2n) is 6.44. The van der Waals surface area contributed by atoms with Gasteiger partial charge in [-0.15, -0.1) is 0 Å². The Kier molecular flexibility index (Phi) is 5.65. The first-order valence-corrected chi connectivity index (χ1v) is 8.69. The van der Waals surface area contributed by atoms with Crippen LogP contribution in [-0.4, -0.2) is 59.2 Å². The molecule has 0 unspecified atom stereocenters. The third-order valence-corrected chi connectivity index (χ3v) is 4.47. The first-order chi connectivity index (χ1) is 12.2. The SMILES string of the molecule is COc1cncc(NCc2ccc(N3CCN(C(C)C)CC3)nc2)n1. The molecular formula is C18H26N6O. The number of aromatic nitrogens is 3. The molecule has 1 saturated heterocycles. The summed E-state index contributed by atoms with van der Waals surface area (Å²) >= 11 is 0. The predicted molar refractivity (Wildman–Crippen MR) is 99.1 cm³/mol. The highest BCUT2D eigenvalue weighted by Crippen LogP contribution is 2.16. The molecule has 0 radical (unpaired) electrons. The van der Waals surface area contributed by atoms with Gasteiger partial charge in [-0.2, -0.15) is 4.98 Å². The number of ether oxygens (including phenoxy) is 1. The van der Waals surface area contributed by atoms with E-state index in [9.17, 15) is 0 Å². The minimum Gasteiger partial charge on any atom is -0.480 e. The maximum atomic E-state index is 5.08. The number of nitrogens with one attached hydrogen (secondary N) is 1. The summed E-state index contributed by atoms with van der Waals surface area (Å²) in [6.07, 6.45) is 5.18. The van der Waals surface area contributed by atoms with E-state index in [0.29, 0.717) is 24.3 Å². The molecule has 0 spiro atoms. The van der Waals surface area contributed by atoms with Crippen LogP contribution in [0.25, 0.3) is 0 Å². The quantitative estimate of drug-likeness (QED) is 0.861. The van der Waals surface area contributed by atoms with Crippen molar-refractivity contribution in [2.24, 2.45) is 0 Å². The van der Waals surface area contributed by atoms with Gasteiger partial charge in [-0.25, -0.2) is 4.98 Å². The summed E-state index contributed by atoms with van der Waals surface area (Å²) in [5.41, 5.74) is 1.11. The summed E-state index contributed by atoms with van der Waals surface area (Å²) in [6.45, 7) is 9.40. The molecule has 0 saturated carbocycles. The van der Waals surface area contributed by atoms with Crippen molar-refractivity contribution in [3.63, 3.8) is 0 Å². The monoisotopic (exact) mass is 342 g/mol. The molecule has 0 atom stereocenters. The minimum atomic E-state index is 0.499. The number of anilines is 2. The molecule has 25 heavy (non-hydrogen) atoms. The molecule has 0 aromatic carbocycles. The van der Waals surface area contributed by atoms with Gasteiger partial charge >= 0.3 is 0 Å². The Morgan fingerprint density at radius 3 is 2.56 bits per heavy atom. The van der Waals surface area contributed by atoms with Crippen molar-refractivity contribution in [1.82, 2.24) is 19.9 Å². The maximum Gasteiger partial charge on any atom is 0.233 e. The molecule has 134 valence electrons. The van der Waals surface area contributed by atoms with Gasteiger partial charge in [0.2, 0.25) is 5.88 Å². The Hall–Kier alpha value is -2.41. The van der Waals surface area contributed by atoms with Crippen molar-refractivity contribution in [1.29, 1.82) is 0 Å². The van der Waals surface area contributed by atoms with Crippen molar-refractivity contribution in [3.8, 4) is 5.88 Å². The van der Waals surface area contributed by atoms with Crippen molar-refractivity contribution >= 4 is 11.6 Å². The van der Waals surface area contributed by atoms with Crippen molar-refractivity contribution < 1.29 is 4.74 Å². The van der Waals surface area contributed by atoms with E-state index in [2.05, 4.69) is 56.0 Å². The lowest BCUT2D eigenvalue weighted by molar-refractivity contribution is 0.209. The van der Waals surface area contributed by atoms with Crippen molar-refractivity contribution in [3.05, 3.63) is 36.3 Å². The zero-order valence-electron chi connectivity index (χ0n) is 15.1. The van der Waals surface area contributed by atoms with Crippen LogP contribution in [0.2, 0.25) is 0 Å². The number of methoxy groups -OCH3 is 1. The summed E-state index contributed by atoms with van der Waals surface area (Å²) < 4.78 is 5.08. The molecule has 1 aliphatic rings. The number of hydrogen-bond donors (Lipinski definition) is 1. The van der Waals surface area contributed by atoms with E-state index in [1.165, 1.54) is 0 Å². The van der Waals surface area contributed by atoms with Crippen LogP contribution in [0.5, 0.6) is 5.88 Å². The first-order valence-electron chi connectivity index (χ1n) is 8.69. The van der Waals surface area contributed by atoms with Gasteiger partial charge in [0.15, 0.2) is 0 Å². The van der Waals surface area contributed by atoms with Crippen molar-refractivity contribution in [2.75, 3.05) is 43.5 Å². The van der Waals surface area contributed by atoms with E-state index in [1.54, 1.807) is 19.5 Å². The molecule has 1 N–H and O–H groups in total. The molecule has 1 aliphatic heterocycles. The van der Waals surface area contributed by atoms with E-state index in [4.69, 9.17) is 4.74 Å². The molecule has 0 aliphatic carbocycles. The topological polar surface area (TPSA) is 66.4 Å². The second kappa shape index (κ2) is 8.11. The zero-order valence-corrected chi connectivity index (χ0v) is 15.1. The third-order valence-electron chi connectivity index (χ3n) is 4.47. The van der Waals surface area contributed by atoms with Crippen LogP contribution < -0.4 is 15.0 Å². The molecule has 7 nitrogen and oxygen atoms in total. The second-order valence-corrected chi connectivity index (χ2v) is 6.44. The molecular weight excluding hydrogens is 316 g/mol. The van der Waals surface area contributed by atoms with Gasteiger partial charge < -0.3 is 15.0 Å². The smallest absolute Gasteiger partial charge is 0.233 e. The lowest BCUT2D eigenvalue weighted by Crippen LogP contribution is -2.49. The van der Waals surface area contributed by atoms with Crippen LogP contribution in [0.15, 0.2) is 30.7 Å². The van der Waals surface area contributed by atoms with Crippen LogP contribution in [0, 0.1) is 0 Å². The van der Waals surface area contributed by atoms with Crippen molar-refractivity contribution in [2.45, 2.75) is 26.4 Å². The molecule has 1 fully saturated rings. The van der Waals surface area contributed by atoms with Crippen LogP contribution in [0.4, 0.5) is 11.6 Å². The zero-order chi connectivity index (χ0) is 17.6. The summed E-state index contributed by atoms with van der Waals surface area (Å²) in [4.78, 5) is 17.9. The summed E-state index contributed by atoms with van der Waals surface area (Å²) in [5, 5.41) is 3.24. The van der Waals surface area contributed by atoms with E-state index in [1.807, 2.05) is 6.20 Å². The first kappa shape index (κ1) is 17.4. The predicted octanol–water partition coefficient (Wildman–Crippen LogP) is 2.02. The van der Waals surface area contributed by atoms with E-state index >= 15 is 0 Å². The lowest BCUT2D eigenvalue weighted by Gasteiger charge is -2.37. The fourth-order valence-corrected chi connectivity index (χ4v) is 2.90. The highest BCUT2D eigenvalue weighted by molar-refractivity contribution is 5.41. The normalized spacial score (nSPS) is 15.4. The molecule has 3 rings (SSSR count). The fraction of sp³-hybridized carbons (Fsp3) is 0.500. The molecule has 2 aromatic rings. The Morgan fingerprint density at radius 1 is 1.12 bits per heavy atom. The average molecular weight is 342 g/mol. The highest BCUT2D eigenvalue weighted by atomic mass is 16.5. The molecule has 3 heterocycles. The van der Waals surface area contributed by atoms with E-state index in [0.717, 1.165) is 37.6 Å². The largest absolute Gasteiger partial charge is 0.480 e. The lowest BCUT2D eigenvalue weighted by atomic mass is 10.2. The number of pyridine rings is 1. The average Bonchev–Trinajstić information content (AvgIpc) is 2.67. The summed E-state index contributed by atoms with van der Waals surface area (Å²) in [7, 11) is 1.58. The van der Waals surface area contributed by atoms with Crippen LogP contribution in [-0.2, 0) is 6.54 Å². The Bertz CT molecular complexity index is 668. The van der Waals surface area contributed by atoms with Crippen LogP contribution >= 0.6 is 0 Å². The number of rotatable bonds is 6. The van der Waals surface area contributed by atoms with Gasteiger partial charge in [-0.05, 0) is 25.5 Å². The van der Waals surface area contributed by atoms with E-state index < -0.39 is 0 Å². The molecule has 7 heteroatoms. The number of nitrogens with zero attached hydrogens (tertiary/aromatic N) is 5. The Labute approximate surface area is 149 Å². The fourth-order valence-electron chi connectivity index (χ4n) is 2.90. The Balaban J connectivity index is 1.54. The van der Waals surface area contributed by atoms with Gasteiger partial charge in [0.1, 0.15) is 11.6 Å². The van der Waals surface area contributed by atoms with Gasteiger partial charge in [0, 0.05) is 45.0 Å². The van der Waals surface area contributed by atoms with Crippen LogP contribution in [0.1, 0.15) is 19.4 Å². The van der Waals surface area contributed by atoms with Gasteiger partial charge in [-0.3, -0.25) is 9.88 Å². The molecule has 2 aromatic heterocycles. The minimum absolute atomic E-state index is 0.499. The third kappa shape index (κ3) is 4.57. The highest BCUT2D eigenvalue weighted by Gasteiger charge is 2.19. The van der Waals surface area contributed by atoms with Gasteiger partial charge in [-0.1, -0.05) is 6.07 Å².